The first-order valence-corrected chi connectivity index (χ1v) is 10.4. The Hall–Kier alpha value is -2.24. The first kappa shape index (κ1) is 23.0. The van der Waals surface area contributed by atoms with E-state index in [4.69, 9.17) is 27.9 Å². The minimum atomic E-state index is -0.703. The minimum Gasteiger partial charge on any atom is -0.484 e. The Balaban J connectivity index is 2.17. The highest BCUT2D eigenvalue weighted by molar-refractivity contribution is 6.36. The second-order valence-corrected chi connectivity index (χ2v) is 7.46. The molecular formula is C22H26Cl2N2O3. The molecule has 0 aliphatic rings. The zero-order valence-electron chi connectivity index (χ0n) is 16.7. The van der Waals surface area contributed by atoms with Crippen molar-refractivity contribution in [1.82, 2.24) is 10.2 Å². The number of hydrogen-bond acceptors (Lipinski definition) is 3. The van der Waals surface area contributed by atoms with Crippen molar-refractivity contribution in [3.63, 3.8) is 0 Å². The number of carbonyl (C=O) groups excluding carboxylic acids is 2. The van der Waals surface area contributed by atoms with Gasteiger partial charge in [-0.2, -0.15) is 0 Å². The molecular weight excluding hydrogens is 411 g/mol. The van der Waals surface area contributed by atoms with E-state index in [0.29, 0.717) is 27.9 Å². The predicted octanol–water partition coefficient (Wildman–Crippen LogP) is 4.71. The highest BCUT2D eigenvalue weighted by atomic mass is 35.5. The highest BCUT2D eigenvalue weighted by Crippen LogP contribution is 2.26. The maximum atomic E-state index is 13.0. The summed E-state index contributed by atoms with van der Waals surface area (Å²) in [6.45, 7) is 4.21. The Labute approximate surface area is 181 Å². The Kier molecular flexibility index (Phi) is 9.29. The van der Waals surface area contributed by atoms with E-state index in [-0.39, 0.29) is 25.0 Å². The summed E-state index contributed by atoms with van der Waals surface area (Å²) in [5.74, 6) is 0.0225. The second-order valence-electron chi connectivity index (χ2n) is 6.64. The lowest BCUT2D eigenvalue weighted by atomic mass is 10.1. The van der Waals surface area contributed by atoms with Crippen molar-refractivity contribution in [2.45, 2.75) is 39.3 Å². The minimum absolute atomic E-state index is 0.109. The third kappa shape index (κ3) is 6.94. The lowest BCUT2D eigenvalue weighted by Crippen LogP contribution is -2.49. The van der Waals surface area contributed by atoms with E-state index in [9.17, 15) is 9.59 Å². The van der Waals surface area contributed by atoms with Crippen LogP contribution in [0.25, 0.3) is 0 Å². The molecule has 2 rings (SSSR count). The van der Waals surface area contributed by atoms with Gasteiger partial charge in [0.15, 0.2) is 6.61 Å². The molecule has 0 bridgehead atoms. The number of benzene rings is 2. The lowest BCUT2D eigenvalue weighted by molar-refractivity contribution is -0.142. The van der Waals surface area contributed by atoms with Gasteiger partial charge in [-0.15, -0.1) is 0 Å². The van der Waals surface area contributed by atoms with Crippen LogP contribution in [0.5, 0.6) is 5.75 Å². The average molecular weight is 437 g/mol. The molecule has 0 radical (unpaired) electrons. The quantitative estimate of drug-likeness (QED) is 0.548. The average Bonchev–Trinajstić information content (AvgIpc) is 2.72. The van der Waals surface area contributed by atoms with Gasteiger partial charge in [-0.05, 0) is 37.6 Å². The van der Waals surface area contributed by atoms with Crippen LogP contribution >= 0.6 is 23.2 Å². The van der Waals surface area contributed by atoms with Gasteiger partial charge in [-0.3, -0.25) is 9.59 Å². The van der Waals surface area contributed by atoms with Crippen LogP contribution in [0.2, 0.25) is 10.0 Å². The van der Waals surface area contributed by atoms with Crippen molar-refractivity contribution in [3.05, 3.63) is 64.1 Å². The summed E-state index contributed by atoms with van der Waals surface area (Å²) in [4.78, 5) is 27.0. The van der Waals surface area contributed by atoms with Gasteiger partial charge in [-0.25, -0.2) is 0 Å². The summed E-state index contributed by atoms with van der Waals surface area (Å²) in [6, 6.07) is 13.5. The summed E-state index contributed by atoms with van der Waals surface area (Å²) in [6.07, 6.45) is 1.84. The van der Waals surface area contributed by atoms with Crippen molar-refractivity contribution in [1.29, 1.82) is 0 Å². The van der Waals surface area contributed by atoms with E-state index in [2.05, 4.69) is 5.32 Å². The molecule has 0 aromatic heterocycles. The molecule has 2 aromatic rings. The first-order chi connectivity index (χ1) is 13.9. The molecule has 0 heterocycles. The topological polar surface area (TPSA) is 58.6 Å². The Morgan fingerprint density at radius 2 is 1.72 bits per heavy atom. The third-order valence-electron chi connectivity index (χ3n) is 4.49. The summed E-state index contributed by atoms with van der Waals surface area (Å²) in [7, 11) is 0. The van der Waals surface area contributed by atoms with Crippen LogP contribution in [0, 0.1) is 0 Å². The van der Waals surface area contributed by atoms with Gasteiger partial charge in [0, 0.05) is 28.7 Å². The first-order valence-electron chi connectivity index (χ1n) is 9.62. The molecule has 0 spiro atoms. The SMILES string of the molecule is CCCCNC(=O)C(C)N(Cc1c(Cl)cccc1Cl)C(=O)COc1ccccc1. The van der Waals surface area contributed by atoms with Crippen molar-refractivity contribution in [2.75, 3.05) is 13.2 Å². The summed E-state index contributed by atoms with van der Waals surface area (Å²) >= 11 is 12.6. The Bertz CT molecular complexity index is 795. The van der Waals surface area contributed by atoms with Crippen molar-refractivity contribution in [3.8, 4) is 5.75 Å². The normalized spacial score (nSPS) is 11.6. The molecule has 2 amide bonds. The van der Waals surface area contributed by atoms with Crippen LogP contribution < -0.4 is 10.1 Å². The number of carbonyl (C=O) groups is 2. The van der Waals surface area contributed by atoms with E-state index < -0.39 is 6.04 Å². The summed E-state index contributed by atoms with van der Waals surface area (Å²) < 4.78 is 5.59. The monoisotopic (exact) mass is 436 g/mol. The van der Waals surface area contributed by atoms with Crippen LogP contribution in [0.4, 0.5) is 0 Å². The van der Waals surface area contributed by atoms with Gasteiger partial charge in [0.1, 0.15) is 11.8 Å². The molecule has 1 atom stereocenters. The molecule has 7 heteroatoms. The molecule has 2 aromatic carbocycles. The van der Waals surface area contributed by atoms with E-state index in [1.807, 2.05) is 25.1 Å². The molecule has 0 aliphatic carbocycles. The summed E-state index contributed by atoms with van der Waals surface area (Å²) in [5.41, 5.74) is 0.595. The predicted molar refractivity (Wildman–Crippen MR) is 116 cm³/mol. The van der Waals surface area contributed by atoms with Crippen LogP contribution in [0.1, 0.15) is 32.3 Å². The van der Waals surface area contributed by atoms with E-state index in [1.165, 1.54) is 4.90 Å². The largest absolute Gasteiger partial charge is 0.484 e. The van der Waals surface area contributed by atoms with E-state index in [0.717, 1.165) is 12.8 Å². The van der Waals surface area contributed by atoms with Crippen LogP contribution in [-0.2, 0) is 16.1 Å². The van der Waals surface area contributed by atoms with Crippen molar-refractivity contribution < 1.29 is 14.3 Å². The highest BCUT2D eigenvalue weighted by Gasteiger charge is 2.27. The second kappa shape index (κ2) is 11.7. The van der Waals surface area contributed by atoms with Crippen LogP contribution in [-0.4, -0.2) is 35.9 Å². The fourth-order valence-electron chi connectivity index (χ4n) is 2.72. The van der Waals surface area contributed by atoms with Gasteiger partial charge in [0.2, 0.25) is 5.91 Å². The van der Waals surface area contributed by atoms with Crippen molar-refractivity contribution in [2.24, 2.45) is 0 Å². The molecule has 156 valence electrons. The van der Waals surface area contributed by atoms with Crippen LogP contribution in [0.15, 0.2) is 48.5 Å². The fraction of sp³-hybridized carbons (Fsp3) is 0.364. The van der Waals surface area contributed by atoms with Gasteiger partial charge in [0.05, 0.1) is 0 Å². The molecule has 1 unspecified atom stereocenters. The zero-order valence-corrected chi connectivity index (χ0v) is 18.2. The number of amides is 2. The molecule has 0 aliphatic heterocycles. The van der Waals surface area contributed by atoms with E-state index in [1.54, 1.807) is 37.3 Å². The summed E-state index contributed by atoms with van der Waals surface area (Å²) in [5, 5.41) is 3.75. The van der Waals surface area contributed by atoms with E-state index >= 15 is 0 Å². The maximum absolute atomic E-state index is 13.0. The van der Waals surface area contributed by atoms with Gasteiger partial charge >= 0.3 is 0 Å². The standard InChI is InChI=1S/C22H26Cl2N2O3/c1-3-4-13-25-22(28)16(2)26(14-18-19(23)11-8-12-20(18)24)21(27)15-29-17-9-6-5-7-10-17/h5-12,16H,3-4,13-15H2,1-2H3,(H,25,28). The van der Waals surface area contributed by atoms with Gasteiger partial charge in [-0.1, -0.05) is 60.8 Å². The number of nitrogens with zero attached hydrogens (tertiary/aromatic N) is 1. The lowest BCUT2D eigenvalue weighted by Gasteiger charge is -2.29. The maximum Gasteiger partial charge on any atom is 0.261 e. The Morgan fingerprint density at radius 1 is 1.07 bits per heavy atom. The molecule has 5 nitrogen and oxygen atoms in total. The molecule has 0 saturated heterocycles. The zero-order chi connectivity index (χ0) is 21.2. The Morgan fingerprint density at radius 3 is 2.34 bits per heavy atom. The smallest absolute Gasteiger partial charge is 0.261 e. The number of ether oxygens (including phenoxy) is 1. The van der Waals surface area contributed by atoms with Gasteiger partial charge < -0.3 is 15.0 Å². The molecule has 29 heavy (non-hydrogen) atoms. The fourth-order valence-corrected chi connectivity index (χ4v) is 3.23. The van der Waals surface area contributed by atoms with Crippen LogP contribution in [0.3, 0.4) is 0 Å². The number of unbranched alkanes of at least 4 members (excludes halogenated alkanes) is 1. The van der Waals surface area contributed by atoms with Crippen molar-refractivity contribution >= 4 is 35.0 Å². The number of rotatable bonds is 10. The number of halogens is 2. The van der Waals surface area contributed by atoms with Gasteiger partial charge in [0.25, 0.3) is 5.91 Å². The number of nitrogens with one attached hydrogen (secondary N) is 1. The molecule has 1 N–H and O–H groups in total. The number of hydrogen-bond donors (Lipinski definition) is 1. The third-order valence-corrected chi connectivity index (χ3v) is 5.20. The molecule has 0 saturated carbocycles. The number of para-hydroxylation sites is 1. The molecule has 0 fully saturated rings.